The maximum atomic E-state index is 14.1. The fraction of sp³-hybridized carbons (Fsp3) is 0.316. The molecule has 1 unspecified atom stereocenters. The fourth-order valence-corrected chi connectivity index (χ4v) is 3.92. The zero-order valence-corrected chi connectivity index (χ0v) is 14.3. The summed E-state index contributed by atoms with van der Waals surface area (Å²) in [5.41, 5.74) is 0.910. The Hall–Kier alpha value is -1.85. The summed E-state index contributed by atoms with van der Waals surface area (Å²) in [5, 5.41) is 2.88. The Morgan fingerprint density at radius 2 is 1.79 bits per heavy atom. The minimum Gasteiger partial charge on any atom is -0.340 e. The summed E-state index contributed by atoms with van der Waals surface area (Å²) >= 11 is 1.29. The number of carbonyl (C=O) groups is 1. The molecule has 0 aromatic heterocycles. The molecule has 24 heavy (non-hydrogen) atoms. The maximum Gasteiger partial charge on any atom is 0.240 e. The van der Waals surface area contributed by atoms with Crippen LogP contribution in [0.1, 0.15) is 17.2 Å². The highest BCUT2D eigenvalue weighted by atomic mass is 32.2. The van der Waals surface area contributed by atoms with Gasteiger partial charge in [-0.15, -0.1) is 11.8 Å². The summed E-state index contributed by atoms with van der Waals surface area (Å²) < 4.78 is 14.1. The Morgan fingerprint density at radius 3 is 2.58 bits per heavy atom. The largest absolute Gasteiger partial charge is 0.340 e. The van der Waals surface area contributed by atoms with Crippen LogP contribution >= 0.6 is 11.8 Å². The topological polar surface area (TPSA) is 32.3 Å². The van der Waals surface area contributed by atoms with E-state index in [0.717, 1.165) is 31.6 Å². The molecule has 1 fully saturated rings. The molecule has 5 heteroatoms. The monoisotopic (exact) mass is 344 g/mol. The average Bonchev–Trinajstić information content (AvgIpc) is 2.91. The summed E-state index contributed by atoms with van der Waals surface area (Å²) in [7, 11) is 0. The van der Waals surface area contributed by atoms with E-state index in [1.54, 1.807) is 18.2 Å². The third-order valence-corrected chi connectivity index (χ3v) is 5.35. The second-order valence-electron chi connectivity index (χ2n) is 5.77. The van der Waals surface area contributed by atoms with Crippen molar-refractivity contribution >= 4 is 17.7 Å². The fourth-order valence-electron chi connectivity index (χ4n) is 2.79. The van der Waals surface area contributed by atoms with E-state index in [1.165, 1.54) is 17.8 Å². The van der Waals surface area contributed by atoms with E-state index >= 15 is 0 Å². The summed E-state index contributed by atoms with van der Waals surface area (Å²) in [5.74, 6) is -0.230. The molecule has 0 saturated carbocycles. The number of hydrogen-bond acceptors (Lipinski definition) is 3. The highest BCUT2D eigenvalue weighted by Crippen LogP contribution is 2.38. The molecule has 2 aromatic carbocycles. The van der Waals surface area contributed by atoms with E-state index in [-0.39, 0.29) is 11.7 Å². The number of halogens is 1. The van der Waals surface area contributed by atoms with Crippen molar-refractivity contribution in [2.75, 3.05) is 26.2 Å². The van der Waals surface area contributed by atoms with Gasteiger partial charge in [-0.2, -0.15) is 0 Å². The van der Waals surface area contributed by atoms with Crippen LogP contribution in [0.25, 0.3) is 0 Å². The van der Waals surface area contributed by atoms with Crippen molar-refractivity contribution in [3.8, 4) is 0 Å². The standard InChI is InChI=1S/C19H21FN2OS/c20-16-9-4-5-10-17(16)24-18(15-7-2-1-3-8-15)19(23)22-13-6-11-21-12-14-22/h1-5,7-10,18,21H,6,11-14H2. The van der Waals surface area contributed by atoms with Crippen LogP contribution in [-0.2, 0) is 4.79 Å². The quantitative estimate of drug-likeness (QED) is 0.862. The van der Waals surface area contributed by atoms with Crippen LogP contribution in [0.3, 0.4) is 0 Å². The van der Waals surface area contributed by atoms with Gasteiger partial charge in [-0.1, -0.05) is 42.5 Å². The number of amides is 1. The molecule has 3 rings (SSSR count). The Labute approximate surface area is 146 Å². The predicted octanol–water partition coefficient (Wildman–Crippen LogP) is 3.48. The van der Waals surface area contributed by atoms with Crippen molar-refractivity contribution in [3.63, 3.8) is 0 Å². The molecule has 0 aliphatic carbocycles. The average molecular weight is 344 g/mol. The van der Waals surface area contributed by atoms with Gasteiger partial charge in [0.15, 0.2) is 0 Å². The lowest BCUT2D eigenvalue weighted by Crippen LogP contribution is -2.36. The second-order valence-corrected chi connectivity index (χ2v) is 6.91. The number of nitrogens with zero attached hydrogens (tertiary/aromatic N) is 1. The molecule has 1 saturated heterocycles. The first-order valence-corrected chi connectivity index (χ1v) is 9.09. The molecule has 1 aliphatic rings. The first-order valence-electron chi connectivity index (χ1n) is 8.21. The SMILES string of the molecule is O=C(C(Sc1ccccc1F)c1ccccc1)N1CCCNCC1. The van der Waals surface area contributed by atoms with Crippen molar-refractivity contribution in [1.82, 2.24) is 10.2 Å². The lowest BCUT2D eigenvalue weighted by molar-refractivity contribution is -0.130. The third kappa shape index (κ3) is 4.16. The van der Waals surface area contributed by atoms with E-state index in [0.29, 0.717) is 11.4 Å². The van der Waals surface area contributed by atoms with Crippen molar-refractivity contribution in [2.45, 2.75) is 16.6 Å². The van der Waals surface area contributed by atoms with Crippen molar-refractivity contribution in [2.24, 2.45) is 0 Å². The molecule has 1 amide bonds. The van der Waals surface area contributed by atoms with Crippen LogP contribution in [-0.4, -0.2) is 37.0 Å². The van der Waals surface area contributed by atoms with Gasteiger partial charge in [0, 0.05) is 24.5 Å². The van der Waals surface area contributed by atoms with Crippen LogP contribution in [0.15, 0.2) is 59.5 Å². The Bertz CT molecular complexity index is 672. The van der Waals surface area contributed by atoms with E-state index in [4.69, 9.17) is 0 Å². The summed E-state index contributed by atoms with van der Waals surface area (Å²) in [6.45, 7) is 3.17. The molecular weight excluding hydrogens is 323 g/mol. The van der Waals surface area contributed by atoms with Gasteiger partial charge >= 0.3 is 0 Å². The van der Waals surface area contributed by atoms with Gasteiger partial charge in [-0.25, -0.2) is 4.39 Å². The molecule has 2 aromatic rings. The zero-order valence-electron chi connectivity index (χ0n) is 13.5. The van der Waals surface area contributed by atoms with Gasteiger partial charge in [0.2, 0.25) is 5.91 Å². The number of benzene rings is 2. The minimum atomic E-state index is -0.429. The maximum absolute atomic E-state index is 14.1. The Kier molecular flexibility index (Phi) is 5.88. The van der Waals surface area contributed by atoms with Gasteiger partial charge in [0.05, 0.1) is 0 Å². The van der Waals surface area contributed by atoms with Crippen LogP contribution in [0.5, 0.6) is 0 Å². The molecule has 3 nitrogen and oxygen atoms in total. The molecule has 0 spiro atoms. The van der Waals surface area contributed by atoms with Crippen molar-refractivity contribution < 1.29 is 9.18 Å². The van der Waals surface area contributed by atoms with Gasteiger partial charge in [0.1, 0.15) is 11.1 Å². The van der Waals surface area contributed by atoms with Crippen LogP contribution < -0.4 is 5.32 Å². The van der Waals surface area contributed by atoms with Crippen LogP contribution in [0.4, 0.5) is 4.39 Å². The predicted molar refractivity (Wildman–Crippen MR) is 95.5 cm³/mol. The van der Waals surface area contributed by atoms with Crippen LogP contribution in [0, 0.1) is 5.82 Å². The molecule has 1 N–H and O–H groups in total. The normalized spacial score (nSPS) is 16.5. The van der Waals surface area contributed by atoms with Crippen LogP contribution in [0.2, 0.25) is 0 Å². The summed E-state index contributed by atoms with van der Waals surface area (Å²) in [4.78, 5) is 15.5. The number of carbonyl (C=O) groups excluding carboxylic acids is 1. The molecular formula is C19H21FN2OS. The van der Waals surface area contributed by atoms with Gasteiger partial charge < -0.3 is 10.2 Å². The highest BCUT2D eigenvalue weighted by Gasteiger charge is 2.28. The molecule has 1 heterocycles. The van der Waals surface area contributed by atoms with Gasteiger partial charge in [-0.3, -0.25) is 4.79 Å². The minimum absolute atomic E-state index is 0.0538. The van der Waals surface area contributed by atoms with Crippen molar-refractivity contribution in [1.29, 1.82) is 0 Å². The number of thioether (sulfide) groups is 1. The Balaban J connectivity index is 1.87. The smallest absolute Gasteiger partial charge is 0.240 e. The first-order chi connectivity index (χ1) is 11.8. The van der Waals surface area contributed by atoms with Gasteiger partial charge in [-0.05, 0) is 30.7 Å². The van der Waals surface area contributed by atoms with Crippen molar-refractivity contribution in [3.05, 3.63) is 66.0 Å². The lowest BCUT2D eigenvalue weighted by atomic mass is 10.1. The molecule has 1 aliphatic heterocycles. The first kappa shape index (κ1) is 17.0. The molecule has 126 valence electrons. The lowest BCUT2D eigenvalue weighted by Gasteiger charge is -2.26. The van der Waals surface area contributed by atoms with E-state index < -0.39 is 5.25 Å². The zero-order chi connectivity index (χ0) is 16.8. The Morgan fingerprint density at radius 1 is 1.04 bits per heavy atom. The molecule has 1 atom stereocenters. The van der Waals surface area contributed by atoms with E-state index in [1.807, 2.05) is 35.2 Å². The highest BCUT2D eigenvalue weighted by molar-refractivity contribution is 8.00. The van der Waals surface area contributed by atoms with E-state index in [9.17, 15) is 9.18 Å². The van der Waals surface area contributed by atoms with Gasteiger partial charge in [0.25, 0.3) is 0 Å². The summed E-state index contributed by atoms with van der Waals surface area (Å²) in [6, 6.07) is 16.3. The number of nitrogens with one attached hydrogen (secondary N) is 1. The number of hydrogen-bond donors (Lipinski definition) is 1. The molecule has 0 bridgehead atoms. The second kappa shape index (κ2) is 8.31. The third-order valence-electron chi connectivity index (χ3n) is 4.06. The molecule has 0 radical (unpaired) electrons. The van der Waals surface area contributed by atoms with E-state index in [2.05, 4.69) is 5.32 Å². The number of rotatable bonds is 4. The summed E-state index contributed by atoms with van der Waals surface area (Å²) in [6.07, 6.45) is 0.942.